The summed E-state index contributed by atoms with van der Waals surface area (Å²) in [5, 5.41) is 0. The van der Waals surface area contributed by atoms with Crippen molar-refractivity contribution < 1.29 is 31.6 Å². The molecule has 0 atom stereocenters. The first kappa shape index (κ1) is 27.0. The highest BCUT2D eigenvalue weighted by Crippen LogP contribution is 2.48. The van der Waals surface area contributed by atoms with Crippen molar-refractivity contribution in [2.24, 2.45) is 0 Å². The molecule has 10 heteroatoms. The number of fused-ring (bicyclic) bond motifs is 2. The molecule has 1 heterocycles. The van der Waals surface area contributed by atoms with Gasteiger partial charge < -0.3 is 13.7 Å². The molecule has 2 aromatic carbocycles. The quantitative estimate of drug-likeness (QED) is 0.199. The molecular formula is C26H30F3NO4S2. The predicted octanol–water partition coefficient (Wildman–Crippen LogP) is 7.21. The highest BCUT2D eigenvalue weighted by molar-refractivity contribution is 7.97. The maximum absolute atomic E-state index is 12.6. The lowest BCUT2D eigenvalue weighted by Gasteiger charge is -2.46. The average Bonchev–Trinajstić information content (AvgIpc) is 2.82. The molecule has 2 aromatic rings. The summed E-state index contributed by atoms with van der Waals surface area (Å²) in [6.07, 6.45) is 5.63. The molecule has 1 spiro atoms. The van der Waals surface area contributed by atoms with Gasteiger partial charge in [0.15, 0.2) is 18.6 Å². The van der Waals surface area contributed by atoms with Crippen molar-refractivity contribution in [3.05, 3.63) is 53.1 Å². The van der Waals surface area contributed by atoms with E-state index in [1.807, 2.05) is 31.2 Å². The van der Waals surface area contributed by atoms with Gasteiger partial charge in [-0.25, -0.2) is 9.10 Å². The van der Waals surface area contributed by atoms with E-state index in [-0.39, 0.29) is 17.8 Å². The van der Waals surface area contributed by atoms with E-state index >= 15 is 0 Å². The molecule has 0 bridgehead atoms. The smallest absolute Gasteiger partial charge is 0.479 e. The molecule has 4 rings (SSSR count). The van der Waals surface area contributed by atoms with Crippen LogP contribution in [0.1, 0.15) is 55.7 Å². The van der Waals surface area contributed by atoms with Crippen LogP contribution in [0.2, 0.25) is 0 Å². The first-order chi connectivity index (χ1) is 17.2. The maximum Gasteiger partial charge on any atom is 0.479 e. The lowest BCUT2D eigenvalue weighted by atomic mass is 9.66. The molecule has 0 radical (unpaired) electrons. The Morgan fingerprint density at radius 2 is 1.89 bits per heavy atom. The number of alkyl halides is 3. The maximum atomic E-state index is 12.6. The number of nitrogens with zero attached hydrogens (tertiary/aromatic N) is 1. The molecule has 196 valence electrons. The summed E-state index contributed by atoms with van der Waals surface area (Å²) in [6, 6.07) is 11.2. The van der Waals surface area contributed by atoms with Crippen LogP contribution in [0.5, 0.6) is 11.5 Å². The first-order valence-corrected chi connectivity index (χ1v) is 13.6. The Labute approximate surface area is 218 Å². The molecule has 0 aromatic heterocycles. The van der Waals surface area contributed by atoms with Gasteiger partial charge in [0, 0.05) is 23.4 Å². The third-order valence-electron chi connectivity index (χ3n) is 6.55. The fourth-order valence-corrected chi connectivity index (χ4v) is 6.55. The highest BCUT2D eigenvalue weighted by atomic mass is 32.2. The van der Waals surface area contributed by atoms with E-state index in [1.54, 1.807) is 31.0 Å². The molecular weight excluding hydrogens is 511 g/mol. The van der Waals surface area contributed by atoms with Crippen LogP contribution >= 0.6 is 24.0 Å². The summed E-state index contributed by atoms with van der Waals surface area (Å²) in [6.45, 7) is 5.34. The zero-order valence-corrected chi connectivity index (χ0v) is 22.0. The molecule has 2 aliphatic rings. The van der Waals surface area contributed by atoms with Crippen LogP contribution in [-0.4, -0.2) is 35.5 Å². The monoisotopic (exact) mass is 541 g/mol. The molecule has 0 saturated heterocycles. The van der Waals surface area contributed by atoms with Gasteiger partial charge in [0.2, 0.25) is 0 Å². The zero-order valence-electron chi connectivity index (χ0n) is 20.4. The van der Waals surface area contributed by atoms with Crippen molar-refractivity contribution in [3.8, 4) is 11.5 Å². The minimum absolute atomic E-state index is 0.00767. The van der Waals surface area contributed by atoms with E-state index < -0.39 is 23.5 Å². The molecule has 1 saturated carbocycles. The van der Waals surface area contributed by atoms with Gasteiger partial charge in [0.25, 0.3) is 0 Å². The van der Waals surface area contributed by atoms with E-state index in [0.717, 1.165) is 48.3 Å². The fraction of sp³-hybridized carbons (Fsp3) is 0.500. The van der Waals surface area contributed by atoms with Crippen molar-refractivity contribution in [2.45, 2.75) is 68.3 Å². The molecule has 36 heavy (non-hydrogen) atoms. The van der Waals surface area contributed by atoms with Crippen LogP contribution in [0.15, 0.2) is 41.3 Å². The minimum Gasteiger partial charge on any atom is -0.482 e. The van der Waals surface area contributed by atoms with Crippen LogP contribution in [0.25, 0.3) is 0 Å². The Balaban J connectivity index is 1.50. The molecule has 0 N–H and O–H groups in total. The lowest BCUT2D eigenvalue weighted by Crippen LogP contribution is -2.44. The fourth-order valence-electron chi connectivity index (χ4n) is 5.08. The SMILES string of the molecule is CCOC(=O)COc1ccc(SN2Cc3cc(OSC(F)(F)F)ccc3C3(CCCCC3)C2)cc1C. The number of benzene rings is 2. The molecule has 1 fully saturated rings. The second-order valence-electron chi connectivity index (χ2n) is 9.18. The van der Waals surface area contributed by atoms with Crippen LogP contribution in [-0.2, 0) is 21.5 Å². The summed E-state index contributed by atoms with van der Waals surface area (Å²) in [4.78, 5) is 12.6. The molecule has 0 amide bonds. The Kier molecular flexibility index (Phi) is 8.67. The second kappa shape index (κ2) is 11.6. The van der Waals surface area contributed by atoms with Crippen molar-refractivity contribution >= 4 is 30.0 Å². The van der Waals surface area contributed by atoms with Gasteiger partial charge in [-0.3, -0.25) is 0 Å². The van der Waals surface area contributed by atoms with Crippen molar-refractivity contribution in [3.63, 3.8) is 0 Å². The standard InChI is InChI=1S/C26H30F3NO4S2/c1-3-32-24(31)16-33-23-10-8-21(13-18(23)2)35-30-15-19-14-20(34-36-26(27,28)29)7-9-22(19)25(17-30)11-5-4-6-12-25/h7-10,13-14H,3-6,11-12,15-17H2,1-2H3. The van der Waals surface area contributed by atoms with Gasteiger partial charge in [-0.05, 0) is 85.7 Å². The van der Waals surface area contributed by atoms with E-state index in [2.05, 4.69) is 4.31 Å². The van der Waals surface area contributed by atoms with E-state index in [1.165, 1.54) is 12.0 Å². The Morgan fingerprint density at radius 3 is 2.58 bits per heavy atom. The van der Waals surface area contributed by atoms with Crippen LogP contribution in [0.3, 0.4) is 0 Å². The van der Waals surface area contributed by atoms with Gasteiger partial charge in [0.1, 0.15) is 11.5 Å². The predicted molar refractivity (Wildman–Crippen MR) is 135 cm³/mol. The highest BCUT2D eigenvalue weighted by Gasteiger charge is 2.41. The summed E-state index contributed by atoms with van der Waals surface area (Å²) < 4.78 is 55.7. The molecule has 1 aliphatic carbocycles. The van der Waals surface area contributed by atoms with Crippen LogP contribution in [0, 0.1) is 6.92 Å². The van der Waals surface area contributed by atoms with Gasteiger partial charge in [0.05, 0.1) is 6.61 Å². The second-order valence-corrected chi connectivity index (χ2v) is 11.1. The Bertz CT molecular complexity index is 1070. The van der Waals surface area contributed by atoms with Crippen molar-refractivity contribution in [1.82, 2.24) is 4.31 Å². The minimum atomic E-state index is -4.45. The summed E-state index contributed by atoms with van der Waals surface area (Å²) in [5.74, 6) is 0.439. The number of hydrogen-bond donors (Lipinski definition) is 0. The van der Waals surface area contributed by atoms with Crippen molar-refractivity contribution in [2.75, 3.05) is 19.8 Å². The zero-order chi connectivity index (χ0) is 25.8. The number of carbonyl (C=O) groups is 1. The third kappa shape index (κ3) is 6.83. The Hall–Kier alpha value is -2.04. The van der Waals surface area contributed by atoms with Crippen molar-refractivity contribution in [1.29, 1.82) is 0 Å². The van der Waals surface area contributed by atoms with Gasteiger partial charge in [-0.15, -0.1) is 0 Å². The van der Waals surface area contributed by atoms with E-state index in [4.69, 9.17) is 13.7 Å². The van der Waals surface area contributed by atoms with E-state index in [0.29, 0.717) is 18.9 Å². The number of halogens is 3. The number of aryl methyl sites for hydroxylation is 1. The number of hydrogen-bond acceptors (Lipinski definition) is 7. The molecule has 5 nitrogen and oxygen atoms in total. The molecule has 0 unspecified atom stereocenters. The largest absolute Gasteiger partial charge is 0.482 e. The van der Waals surface area contributed by atoms with E-state index in [9.17, 15) is 18.0 Å². The summed E-state index contributed by atoms with van der Waals surface area (Å²) in [7, 11) is 0. The third-order valence-corrected chi connectivity index (χ3v) is 7.99. The average molecular weight is 542 g/mol. The van der Waals surface area contributed by atoms with Gasteiger partial charge in [-0.1, -0.05) is 25.3 Å². The summed E-state index contributed by atoms with van der Waals surface area (Å²) in [5.41, 5.74) is -1.29. The number of ether oxygens (including phenoxy) is 2. The van der Waals surface area contributed by atoms with Crippen LogP contribution < -0.4 is 8.92 Å². The number of esters is 1. The van der Waals surface area contributed by atoms with Gasteiger partial charge >= 0.3 is 11.5 Å². The Morgan fingerprint density at radius 1 is 1.11 bits per heavy atom. The summed E-state index contributed by atoms with van der Waals surface area (Å²) >= 11 is 1.15. The number of rotatable bonds is 8. The lowest BCUT2D eigenvalue weighted by molar-refractivity contribution is -0.145. The topological polar surface area (TPSA) is 48.0 Å². The van der Waals surface area contributed by atoms with Crippen LogP contribution in [0.4, 0.5) is 13.2 Å². The normalized spacial score (nSPS) is 17.5. The van der Waals surface area contributed by atoms with Gasteiger partial charge in [-0.2, -0.15) is 13.2 Å². The number of carbonyl (C=O) groups excluding carboxylic acids is 1. The molecule has 1 aliphatic heterocycles. The first-order valence-electron chi connectivity index (χ1n) is 12.1.